The maximum absolute atomic E-state index is 15.0. The molecule has 4 heterocycles. The summed E-state index contributed by atoms with van der Waals surface area (Å²) >= 11 is 0. The molecule has 1 fully saturated rings. The van der Waals surface area contributed by atoms with Crippen LogP contribution in [0.4, 0.5) is 26.2 Å². The predicted octanol–water partition coefficient (Wildman–Crippen LogP) is 4.94. The highest BCUT2D eigenvalue weighted by atomic mass is 19.1. The molecule has 0 bridgehead atoms. The van der Waals surface area contributed by atoms with E-state index in [0.717, 1.165) is 56.7 Å². The van der Waals surface area contributed by atoms with Crippen LogP contribution in [0.1, 0.15) is 31.9 Å². The average molecular weight is 506 g/mol. The lowest BCUT2D eigenvalue weighted by Gasteiger charge is -2.33. The van der Waals surface area contributed by atoms with E-state index in [0.29, 0.717) is 23.5 Å². The highest BCUT2D eigenvalue weighted by Crippen LogP contribution is 2.35. The summed E-state index contributed by atoms with van der Waals surface area (Å²) in [6, 6.07) is 7.19. The molecule has 0 amide bonds. The quantitative estimate of drug-likeness (QED) is 0.488. The molecule has 9 heteroatoms. The van der Waals surface area contributed by atoms with E-state index in [-0.39, 0.29) is 17.7 Å². The van der Waals surface area contributed by atoms with Gasteiger partial charge in [0, 0.05) is 68.3 Å². The smallest absolute Gasteiger partial charge is 0.229 e. The van der Waals surface area contributed by atoms with Gasteiger partial charge in [0.15, 0.2) is 5.82 Å². The molecule has 2 aromatic heterocycles. The number of fused-ring (bicyclic) bond motifs is 1. The molecule has 0 radical (unpaired) electrons. The first-order valence-electron chi connectivity index (χ1n) is 12.9. The van der Waals surface area contributed by atoms with Crippen LogP contribution in [0, 0.1) is 11.6 Å². The van der Waals surface area contributed by atoms with Gasteiger partial charge >= 0.3 is 0 Å². The van der Waals surface area contributed by atoms with Crippen molar-refractivity contribution >= 4 is 23.5 Å². The molecule has 37 heavy (non-hydrogen) atoms. The third kappa shape index (κ3) is 5.62. The predicted molar refractivity (Wildman–Crippen MR) is 144 cm³/mol. The Bertz CT molecular complexity index is 1270. The van der Waals surface area contributed by atoms with Crippen LogP contribution in [0.25, 0.3) is 17.3 Å². The first kappa shape index (κ1) is 25.2. The number of piperazine rings is 1. The van der Waals surface area contributed by atoms with E-state index >= 15 is 4.39 Å². The summed E-state index contributed by atoms with van der Waals surface area (Å²) in [5, 5.41) is 3.05. The van der Waals surface area contributed by atoms with Gasteiger partial charge in [-0.05, 0) is 44.2 Å². The van der Waals surface area contributed by atoms with E-state index in [1.807, 2.05) is 38.3 Å². The molecule has 0 atom stereocenters. The van der Waals surface area contributed by atoms with Crippen molar-refractivity contribution < 1.29 is 8.78 Å². The van der Waals surface area contributed by atoms with Crippen molar-refractivity contribution in [3.05, 3.63) is 65.5 Å². The van der Waals surface area contributed by atoms with Crippen LogP contribution in [0.15, 0.2) is 42.7 Å². The van der Waals surface area contributed by atoms with Gasteiger partial charge in [0.25, 0.3) is 0 Å². The standard InChI is InChI=1S/C28H33F2N7/c1-4-35-10-12-36(13-11-35)18-20-7-8-26(31-16-20)33-28-32-17-24(30)27(34-28)21-14-23(29)22-6-5-9-37(19(2)3)25(22)15-21/h5-8,14-17,19H,4,9-13,18H2,1-3H3,(H,31,32,33,34). The topological polar surface area (TPSA) is 60.4 Å². The number of anilines is 3. The number of pyridine rings is 1. The monoisotopic (exact) mass is 505 g/mol. The minimum absolute atomic E-state index is 0.0419. The molecule has 1 N–H and O–H groups in total. The summed E-state index contributed by atoms with van der Waals surface area (Å²) in [5.74, 6) is -0.259. The van der Waals surface area contributed by atoms with Crippen LogP contribution in [0.5, 0.6) is 0 Å². The summed E-state index contributed by atoms with van der Waals surface area (Å²) in [4.78, 5) is 19.9. The number of hydrogen-bond donors (Lipinski definition) is 1. The number of nitrogens with zero attached hydrogens (tertiary/aromatic N) is 6. The fraction of sp³-hybridized carbons (Fsp3) is 0.393. The van der Waals surface area contributed by atoms with Crippen molar-refractivity contribution in [3.63, 3.8) is 0 Å². The lowest BCUT2D eigenvalue weighted by atomic mass is 10.0. The average Bonchev–Trinajstić information content (AvgIpc) is 2.91. The Kier molecular flexibility index (Phi) is 7.43. The second kappa shape index (κ2) is 10.9. The maximum Gasteiger partial charge on any atom is 0.229 e. The zero-order valence-electron chi connectivity index (χ0n) is 21.6. The van der Waals surface area contributed by atoms with E-state index in [1.165, 1.54) is 6.07 Å². The lowest BCUT2D eigenvalue weighted by Crippen LogP contribution is -2.45. The van der Waals surface area contributed by atoms with Crippen molar-refractivity contribution in [2.45, 2.75) is 33.4 Å². The molecule has 2 aliphatic heterocycles. The Morgan fingerprint density at radius 3 is 2.46 bits per heavy atom. The SMILES string of the molecule is CCN1CCN(Cc2ccc(Nc3ncc(F)c(-c4cc(F)c5c(c4)N(C(C)C)CC=C5)n3)nc2)CC1. The molecule has 5 rings (SSSR count). The first-order chi connectivity index (χ1) is 17.9. The maximum atomic E-state index is 15.0. The number of benzene rings is 1. The van der Waals surface area contributed by atoms with Crippen molar-refractivity contribution in [1.29, 1.82) is 0 Å². The highest BCUT2D eigenvalue weighted by Gasteiger charge is 2.22. The molecule has 2 aliphatic rings. The lowest BCUT2D eigenvalue weighted by molar-refractivity contribution is 0.132. The fourth-order valence-electron chi connectivity index (χ4n) is 4.87. The van der Waals surface area contributed by atoms with Gasteiger partial charge in [-0.2, -0.15) is 0 Å². The van der Waals surface area contributed by atoms with Crippen LogP contribution in [0.3, 0.4) is 0 Å². The molecule has 0 saturated carbocycles. The second-order valence-electron chi connectivity index (χ2n) is 9.82. The molecular weight excluding hydrogens is 472 g/mol. The minimum Gasteiger partial charge on any atom is -0.365 e. The number of aromatic nitrogens is 3. The molecular formula is C28H33F2N7. The third-order valence-corrected chi connectivity index (χ3v) is 7.03. The van der Waals surface area contributed by atoms with Crippen LogP contribution in [0.2, 0.25) is 0 Å². The molecule has 1 saturated heterocycles. The number of likely N-dealkylation sites (N-methyl/N-ethyl adjacent to an activating group) is 1. The normalized spacial score (nSPS) is 16.3. The molecule has 194 valence electrons. The summed E-state index contributed by atoms with van der Waals surface area (Å²) < 4.78 is 29.8. The fourth-order valence-corrected chi connectivity index (χ4v) is 4.87. The van der Waals surface area contributed by atoms with Crippen LogP contribution < -0.4 is 10.2 Å². The van der Waals surface area contributed by atoms with Crippen LogP contribution in [-0.2, 0) is 6.54 Å². The van der Waals surface area contributed by atoms with Gasteiger partial charge in [-0.25, -0.2) is 23.7 Å². The first-order valence-corrected chi connectivity index (χ1v) is 12.9. The number of rotatable bonds is 7. The van der Waals surface area contributed by atoms with E-state index < -0.39 is 11.6 Å². The van der Waals surface area contributed by atoms with Crippen molar-refractivity contribution in [2.24, 2.45) is 0 Å². The Morgan fingerprint density at radius 1 is 0.973 bits per heavy atom. The van der Waals surface area contributed by atoms with E-state index in [1.54, 1.807) is 12.1 Å². The molecule has 1 aromatic carbocycles. The Balaban J connectivity index is 1.32. The molecule has 3 aromatic rings. The highest BCUT2D eigenvalue weighted by molar-refractivity contribution is 5.78. The van der Waals surface area contributed by atoms with Crippen molar-refractivity contribution in [1.82, 2.24) is 24.8 Å². The van der Waals surface area contributed by atoms with Gasteiger partial charge in [-0.1, -0.05) is 25.1 Å². The van der Waals surface area contributed by atoms with E-state index in [9.17, 15) is 4.39 Å². The Labute approximate surface area is 216 Å². The summed E-state index contributed by atoms with van der Waals surface area (Å²) in [7, 11) is 0. The number of nitrogens with one attached hydrogen (secondary N) is 1. The van der Waals surface area contributed by atoms with Crippen LogP contribution in [-0.4, -0.2) is 70.1 Å². The summed E-state index contributed by atoms with van der Waals surface area (Å²) in [5.41, 5.74) is 2.78. The van der Waals surface area contributed by atoms with Crippen LogP contribution >= 0.6 is 0 Å². The molecule has 0 unspecified atom stereocenters. The van der Waals surface area contributed by atoms with Crippen molar-refractivity contribution in [3.8, 4) is 11.3 Å². The largest absolute Gasteiger partial charge is 0.365 e. The van der Waals surface area contributed by atoms with Gasteiger partial charge < -0.3 is 15.1 Å². The molecule has 0 spiro atoms. The number of hydrogen-bond acceptors (Lipinski definition) is 7. The zero-order valence-corrected chi connectivity index (χ0v) is 21.6. The third-order valence-electron chi connectivity index (χ3n) is 7.03. The van der Waals surface area contributed by atoms with Crippen molar-refractivity contribution in [2.75, 3.05) is 49.5 Å². The zero-order chi connectivity index (χ0) is 25.9. The minimum atomic E-state index is -0.612. The summed E-state index contributed by atoms with van der Waals surface area (Å²) in [6.45, 7) is 13.2. The second-order valence-corrected chi connectivity index (χ2v) is 9.82. The van der Waals surface area contributed by atoms with E-state index in [4.69, 9.17) is 0 Å². The summed E-state index contributed by atoms with van der Waals surface area (Å²) in [6.07, 6.45) is 6.65. The number of halogens is 2. The molecule has 0 aliphatic carbocycles. The van der Waals surface area contributed by atoms with E-state index in [2.05, 4.69) is 41.9 Å². The Morgan fingerprint density at radius 2 is 1.76 bits per heavy atom. The van der Waals surface area contributed by atoms with Gasteiger partial charge in [0.1, 0.15) is 17.3 Å². The molecule has 7 nitrogen and oxygen atoms in total. The Hall–Kier alpha value is -3.43. The van der Waals surface area contributed by atoms with Gasteiger partial charge in [0.2, 0.25) is 5.95 Å². The van der Waals surface area contributed by atoms with Gasteiger partial charge in [0.05, 0.1) is 6.20 Å². The van der Waals surface area contributed by atoms with Gasteiger partial charge in [-0.3, -0.25) is 4.90 Å². The van der Waals surface area contributed by atoms with Gasteiger partial charge in [-0.15, -0.1) is 0 Å².